The highest BCUT2D eigenvalue weighted by Gasteiger charge is 2.24. The van der Waals surface area contributed by atoms with Crippen LogP contribution in [-0.4, -0.2) is 28.6 Å². The van der Waals surface area contributed by atoms with E-state index >= 15 is 0 Å². The monoisotopic (exact) mass is 171 g/mol. The third kappa shape index (κ3) is 1.96. The highest BCUT2D eigenvalue weighted by atomic mass is 16.4. The van der Waals surface area contributed by atoms with Crippen molar-refractivity contribution in [1.29, 1.82) is 0 Å². The zero-order valence-corrected chi connectivity index (χ0v) is 6.90. The first-order valence-electron chi connectivity index (χ1n) is 4.22. The molecule has 1 fully saturated rings. The molecule has 12 heavy (non-hydrogen) atoms. The van der Waals surface area contributed by atoms with Crippen molar-refractivity contribution in [2.24, 2.45) is 0 Å². The van der Waals surface area contributed by atoms with Crippen molar-refractivity contribution in [2.45, 2.75) is 38.1 Å². The van der Waals surface area contributed by atoms with E-state index < -0.39 is 6.09 Å². The van der Waals surface area contributed by atoms with Crippen LogP contribution in [0.15, 0.2) is 0 Å². The normalized spacial score (nSPS) is 18.7. The lowest BCUT2D eigenvalue weighted by Gasteiger charge is -2.27. The molecule has 4 heteroatoms. The summed E-state index contributed by atoms with van der Waals surface area (Å²) in [6, 6.07) is -0.0752. The summed E-state index contributed by atoms with van der Waals surface area (Å²) in [6.45, 7) is 0. The van der Waals surface area contributed by atoms with Crippen LogP contribution < -0.4 is 0 Å². The predicted molar refractivity (Wildman–Crippen MR) is 42.8 cm³/mol. The maximum Gasteiger partial charge on any atom is 0.414 e. The smallest absolute Gasteiger partial charge is 0.414 e. The van der Waals surface area contributed by atoms with Crippen LogP contribution in [0.4, 0.5) is 4.79 Å². The molecule has 68 valence electrons. The van der Waals surface area contributed by atoms with Crippen molar-refractivity contribution >= 4 is 12.5 Å². The number of carbonyl (C=O) groups excluding carboxylic acids is 1. The van der Waals surface area contributed by atoms with Gasteiger partial charge in [-0.1, -0.05) is 19.3 Å². The Hall–Kier alpha value is -1.06. The molecule has 0 radical (unpaired) electrons. The molecular weight excluding hydrogens is 158 g/mol. The van der Waals surface area contributed by atoms with Crippen molar-refractivity contribution in [1.82, 2.24) is 4.90 Å². The average molecular weight is 171 g/mol. The molecule has 0 bridgehead atoms. The molecular formula is C8H13NO3. The van der Waals surface area contributed by atoms with Crippen LogP contribution in [-0.2, 0) is 4.79 Å². The predicted octanol–water partition coefficient (Wildman–Crippen LogP) is 1.46. The van der Waals surface area contributed by atoms with E-state index in [9.17, 15) is 9.59 Å². The maximum absolute atomic E-state index is 10.5. The zero-order valence-electron chi connectivity index (χ0n) is 6.90. The Bertz CT molecular complexity index is 175. The molecule has 4 nitrogen and oxygen atoms in total. The van der Waals surface area contributed by atoms with Crippen LogP contribution in [0.25, 0.3) is 0 Å². The third-order valence-electron chi connectivity index (χ3n) is 2.30. The minimum absolute atomic E-state index is 0.0752. The molecule has 0 aliphatic heterocycles. The van der Waals surface area contributed by atoms with Crippen molar-refractivity contribution in [3.8, 4) is 0 Å². The minimum Gasteiger partial charge on any atom is -0.465 e. The first-order chi connectivity index (χ1) is 5.75. The van der Waals surface area contributed by atoms with Crippen LogP contribution in [0.3, 0.4) is 0 Å². The van der Waals surface area contributed by atoms with Gasteiger partial charge in [0, 0.05) is 6.04 Å². The van der Waals surface area contributed by atoms with Gasteiger partial charge < -0.3 is 5.11 Å². The van der Waals surface area contributed by atoms with Crippen molar-refractivity contribution < 1.29 is 14.7 Å². The van der Waals surface area contributed by atoms with Crippen LogP contribution in [0, 0.1) is 0 Å². The van der Waals surface area contributed by atoms with Gasteiger partial charge in [0.15, 0.2) is 0 Å². The highest BCUT2D eigenvalue weighted by molar-refractivity contribution is 5.79. The summed E-state index contributed by atoms with van der Waals surface area (Å²) in [5.41, 5.74) is 0. The standard InChI is InChI=1S/C8H13NO3/c10-6-9(8(11)12)7-4-2-1-3-5-7/h6-7H,1-5H2,(H,11,12). The van der Waals surface area contributed by atoms with Crippen molar-refractivity contribution in [2.75, 3.05) is 0 Å². The van der Waals surface area contributed by atoms with Crippen LogP contribution in [0.2, 0.25) is 0 Å². The number of hydrogen-bond donors (Lipinski definition) is 1. The van der Waals surface area contributed by atoms with Gasteiger partial charge in [0.2, 0.25) is 6.41 Å². The molecule has 0 saturated heterocycles. The molecule has 0 spiro atoms. The number of carbonyl (C=O) groups is 2. The van der Waals surface area contributed by atoms with Gasteiger partial charge in [0.1, 0.15) is 0 Å². The van der Waals surface area contributed by atoms with Gasteiger partial charge >= 0.3 is 6.09 Å². The number of imide groups is 1. The van der Waals surface area contributed by atoms with E-state index in [4.69, 9.17) is 5.11 Å². The molecule has 1 saturated carbocycles. The van der Waals surface area contributed by atoms with E-state index in [2.05, 4.69) is 0 Å². The summed E-state index contributed by atoms with van der Waals surface area (Å²) in [4.78, 5) is 21.8. The fourth-order valence-electron chi connectivity index (χ4n) is 1.65. The van der Waals surface area contributed by atoms with Gasteiger partial charge in [-0.2, -0.15) is 0 Å². The van der Waals surface area contributed by atoms with E-state index in [1.807, 2.05) is 0 Å². The summed E-state index contributed by atoms with van der Waals surface area (Å²) in [7, 11) is 0. The van der Waals surface area contributed by atoms with E-state index in [1.54, 1.807) is 0 Å². The van der Waals surface area contributed by atoms with E-state index in [-0.39, 0.29) is 6.04 Å². The third-order valence-corrected chi connectivity index (χ3v) is 2.30. The second-order valence-electron chi connectivity index (χ2n) is 3.09. The molecule has 1 aliphatic carbocycles. The highest BCUT2D eigenvalue weighted by Crippen LogP contribution is 2.21. The second-order valence-corrected chi connectivity index (χ2v) is 3.09. The van der Waals surface area contributed by atoms with Crippen molar-refractivity contribution in [3.05, 3.63) is 0 Å². The zero-order chi connectivity index (χ0) is 8.97. The van der Waals surface area contributed by atoms with Gasteiger partial charge in [0.25, 0.3) is 0 Å². The van der Waals surface area contributed by atoms with Gasteiger partial charge in [-0.15, -0.1) is 0 Å². The average Bonchev–Trinajstić information content (AvgIpc) is 2.07. The van der Waals surface area contributed by atoms with Crippen molar-refractivity contribution in [3.63, 3.8) is 0 Å². The number of nitrogens with zero attached hydrogens (tertiary/aromatic N) is 1. The molecule has 0 heterocycles. The Labute approximate surface area is 71.2 Å². The van der Waals surface area contributed by atoms with Gasteiger partial charge in [-0.3, -0.25) is 4.79 Å². The van der Waals surface area contributed by atoms with Gasteiger partial charge in [-0.05, 0) is 12.8 Å². The van der Waals surface area contributed by atoms with Crippen LogP contribution >= 0.6 is 0 Å². The lowest BCUT2D eigenvalue weighted by molar-refractivity contribution is -0.118. The second kappa shape index (κ2) is 4.09. The maximum atomic E-state index is 10.5. The summed E-state index contributed by atoms with van der Waals surface area (Å²) in [5, 5.41) is 8.62. The number of hydrogen-bond acceptors (Lipinski definition) is 2. The summed E-state index contributed by atoms with van der Waals surface area (Å²) in [5.74, 6) is 0. The van der Waals surface area contributed by atoms with Crippen LogP contribution in [0.5, 0.6) is 0 Å². The first kappa shape index (κ1) is 9.03. The quantitative estimate of drug-likeness (QED) is 0.640. The number of rotatable bonds is 2. The Morgan fingerprint density at radius 3 is 2.33 bits per heavy atom. The van der Waals surface area contributed by atoms with E-state index in [1.165, 1.54) is 0 Å². The molecule has 2 amide bonds. The largest absolute Gasteiger partial charge is 0.465 e. The minimum atomic E-state index is -1.13. The van der Waals surface area contributed by atoms with E-state index in [0.717, 1.165) is 37.0 Å². The van der Waals surface area contributed by atoms with Gasteiger partial charge in [-0.25, -0.2) is 9.69 Å². The SMILES string of the molecule is O=CN(C(=O)O)C1CCCCC1. The summed E-state index contributed by atoms with van der Waals surface area (Å²) >= 11 is 0. The Morgan fingerprint density at radius 2 is 1.92 bits per heavy atom. The molecule has 0 aromatic carbocycles. The molecule has 1 N–H and O–H groups in total. The summed E-state index contributed by atoms with van der Waals surface area (Å²) in [6.07, 6.45) is 4.15. The molecule has 0 aromatic rings. The fourth-order valence-corrected chi connectivity index (χ4v) is 1.65. The number of amides is 2. The van der Waals surface area contributed by atoms with E-state index in [0.29, 0.717) is 6.41 Å². The Balaban J connectivity index is 2.51. The Kier molecular flexibility index (Phi) is 3.08. The molecule has 1 aliphatic rings. The lowest BCUT2D eigenvalue weighted by atomic mass is 9.95. The molecule has 0 aromatic heterocycles. The molecule has 0 atom stereocenters. The number of carboxylic acid groups (broad SMARTS) is 1. The van der Waals surface area contributed by atoms with Gasteiger partial charge in [0.05, 0.1) is 0 Å². The Morgan fingerprint density at radius 1 is 1.33 bits per heavy atom. The topological polar surface area (TPSA) is 57.6 Å². The van der Waals surface area contributed by atoms with Crippen LogP contribution in [0.1, 0.15) is 32.1 Å². The fraction of sp³-hybridized carbons (Fsp3) is 0.750. The lowest BCUT2D eigenvalue weighted by Crippen LogP contribution is -2.39. The first-order valence-corrected chi connectivity index (χ1v) is 4.22. The summed E-state index contributed by atoms with van der Waals surface area (Å²) < 4.78 is 0. The molecule has 1 rings (SSSR count). The molecule has 0 unspecified atom stereocenters.